The van der Waals surface area contributed by atoms with E-state index >= 15 is 0 Å². The summed E-state index contributed by atoms with van der Waals surface area (Å²) in [5.74, 6) is 5.43. The van der Waals surface area contributed by atoms with E-state index in [1.807, 2.05) is 24.3 Å². The predicted octanol–water partition coefficient (Wildman–Crippen LogP) is 3.10. The number of amides is 1. The number of ether oxygens (including phenoxy) is 1. The number of carbonyl (C=O) groups is 1. The molecule has 1 amide bonds. The SMILES string of the molecule is NNC(=O)Cc1ccc(COc2cc(Cl)cc(Cl)c2)cc1. The zero-order valence-electron chi connectivity index (χ0n) is 11.1. The number of hydrogen-bond donors (Lipinski definition) is 2. The summed E-state index contributed by atoms with van der Waals surface area (Å²) in [6, 6.07) is 12.6. The highest BCUT2D eigenvalue weighted by molar-refractivity contribution is 6.34. The lowest BCUT2D eigenvalue weighted by molar-refractivity contribution is -0.120. The molecule has 0 spiro atoms. The summed E-state index contributed by atoms with van der Waals surface area (Å²) < 4.78 is 5.63. The second-order valence-electron chi connectivity index (χ2n) is 4.45. The van der Waals surface area contributed by atoms with Gasteiger partial charge in [0.05, 0.1) is 6.42 Å². The average molecular weight is 325 g/mol. The maximum Gasteiger partial charge on any atom is 0.238 e. The van der Waals surface area contributed by atoms with Gasteiger partial charge in [-0.25, -0.2) is 5.84 Å². The molecule has 3 N–H and O–H groups in total. The molecule has 0 aromatic heterocycles. The van der Waals surface area contributed by atoms with Crippen molar-refractivity contribution in [1.29, 1.82) is 0 Å². The van der Waals surface area contributed by atoms with Crippen LogP contribution >= 0.6 is 23.2 Å². The van der Waals surface area contributed by atoms with Crippen molar-refractivity contribution in [3.8, 4) is 5.75 Å². The molecule has 4 nitrogen and oxygen atoms in total. The highest BCUT2D eigenvalue weighted by Gasteiger charge is 2.03. The van der Waals surface area contributed by atoms with Gasteiger partial charge >= 0.3 is 0 Å². The summed E-state index contributed by atoms with van der Waals surface area (Å²) in [7, 11) is 0. The molecule has 0 bridgehead atoms. The van der Waals surface area contributed by atoms with Gasteiger partial charge in [-0.2, -0.15) is 0 Å². The van der Waals surface area contributed by atoms with Crippen LogP contribution in [-0.4, -0.2) is 5.91 Å². The lowest BCUT2D eigenvalue weighted by Gasteiger charge is -2.08. The minimum Gasteiger partial charge on any atom is -0.489 e. The lowest BCUT2D eigenvalue weighted by Crippen LogP contribution is -2.31. The normalized spacial score (nSPS) is 10.2. The van der Waals surface area contributed by atoms with Gasteiger partial charge in [-0.15, -0.1) is 0 Å². The van der Waals surface area contributed by atoms with Crippen LogP contribution in [0.1, 0.15) is 11.1 Å². The van der Waals surface area contributed by atoms with E-state index in [2.05, 4.69) is 5.43 Å². The first kappa shape index (κ1) is 15.6. The summed E-state index contributed by atoms with van der Waals surface area (Å²) in [5, 5.41) is 1.06. The van der Waals surface area contributed by atoms with E-state index in [9.17, 15) is 4.79 Å². The van der Waals surface area contributed by atoms with Crippen LogP contribution in [-0.2, 0) is 17.8 Å². The fraction of sp³-hybridized carbons (Fsp3) is 0.133. The summed E-state index contributed by atoms with van der Waals surface area (Å²) in [4.78, 5) is 11.2. The quantitative estimate of drug-likeness (QED) is 0.504. The van der Waals surface area contributed by atoms with E-state index in [0.717, 1.165) is 11.1 Å². The van der Waals surface area contributed by atoms with Crippen LogP contribution in [0, 0.1) is 0 Å². The van der Waals surface area contributed by atoms with Crippen molar-refractivity contribution in [2.24, 2.45) is 5.84 Å². The van der Waals surface area contributed by atoms with Gasteiger partial charge in [-0.1, -0.05) is 47.5 Å². The molecule has 2 rings (SSSR count). The maximum absolute atomic E-state index is 11.2. The van der Waals surface area contributed by atoms with Gasteiger partial charge in [0, 0.05) is 10.0 Å². The minimum atomic E-state index is -0.229. The third kappa shape index (κ3) is 4.93. The molecule has 0 atom stereocenters. The predicted molar refractivity (Wildman–Crippen MR) is 83.3 cm³/mol. The zero-order chi connectivity index (χ0) is 15.2. The molecular formula is C15H14Cl2N2O2. The number of hydrazine groups is 1. The molecule has 0 heterocycles. The van der Waals surface area contributed by atoms with Gasteiger partial charge in [0.2, 0.25) is 5.91 Å². The van der Waals surface area contributed by atoms with Gasteiger partial charge in [-0.3, -0.25) is 10.2 Å². The maximum atomic E-state index is 11.2. The smallest absolute Gasteiger partial charge is 0.238 e. The van der Waals surface area contributed by atoms with Crippen molar-refractivity contribution < 1.29 is 9.53 Å². The Morgan fingerprint density at radius 3 is 2.19 bits per heavy atom. The molecule has 2 aromatic rings. The Kier molecular flexibility index (Phi) is 5.44. The lowest BCUT2D eigenvalue weighted by atomic mass is 10.1. The largest absolute Gasteiger partial charge is 0.489 e. The van der Waals surface area contributed by atoms with Crippen molar-refractivity contribution in [3.63, 3.8) is 0 Å². The molecule has 21 heavy (non-hydrogen) atoms. The first-order valence-corrected chi connectivity index (χ1v) is 6.98. The Bertz CT molecular complexity index is 610. The van der Waals surface area contributed by atoms with Gasteiger partial charge in [0.15, 0.2) is 0 Å². The molecule has 0 unspecified atom stereocenters. The Balaban J connectivity index is 1.95. The number of rotatable bonds is 5. The van der Waals surface area contributed by atoms with Crippen molar-refractivity contribution in [2.75, 3.05) is 0 Å². The fourth-order valence-electron chi connectivity index (χ4n) is 1.77. The molecule has 0 aliphatic rings. The Morgan fingerprint density at radius 1 is 1.05 bits per heavy atom. The molecule has 0 radical (unpaired) electrons. The molecule has 2 aromatic carbocycles. The van der Waals surface area contributed by atoms with Crippen LogP contribution in [0.2, 0.25) is 10.0 Å². The van der Waals surface area contributed by atoms with E-state index in [-0.39, 0.29) is 12.3 Å². The molecule has 0 fully saturated rings. The van der Waals surface area contributed by atoms with Crippen LogP contribution in [0.25, 0.3) is 0 Å². The van der Waals surface area contributed by atoms with E-state index in [1.165, 1.54) is 0 Å². The topological polar surface area (TPSA) is 64.3 Å². The Morgan fingerprint density at radius 2 is 1.62 bits per heavy atom. The average Bonchev–Trinajstić information content (AvgIpc) is 2.45. The highest BCUT2D eigenvalue weighted by Crippen LogP contribution is 2.24. The number of nitrogens with two attached hydrogens (primary N) is 1. The molecule has 0 saturated carbocycles. The van der Waals surface area contributed by atoms with E-state index in [0.29, 0.717) is 22.4 Å². The number of hydrogen-bond acceptors (Lipinski definition) is 3. The third-order valence-corrected chi connectivity index (χ3v) is 3.23. The van der Waals surface area contributed by atoms with Crippen LogP contribution < -0.4 is 16.0 Å². The number of nitrogens with one attached hydrogen (secondary N) is 1. The molecule has 6 heteroatoms. The number of carbonyl (C=O) groups excluding carboxylic acids is 1. The van der Waals surface area contributed by atoms with Crippen LogP contribution in [0.4, 0.5) is 0 Å². The number of halogens is 2. The Hall–Kier alpha value is -1.75. The molecule has 0 aliphatic heterocycles. The van der Waals surface area contributed by atoms with E-state index in [4.69, 9.17) is 33.8 Å². The highest BCUT2D eigenvalue weighted by atomic mass is 35.5. The minimum absolute atomic E-state index is 0.229. The fourth-order valence-corrected chi connectivity index (χ4v) is 2.27. The summed E-state index contributed by atoms with van der Waals surface area (Å²) in [6.07, 6.45) is 0.252. The Labute approximate surface area is 132 Å². The standard InChI is InChI=1S/C15H14Cl2N2O2/c16-12-6-13(17)8-14(7-12)21-9-11-3-1-10(2-4-11)5-15(20)19-18/h1-4,6-8H,5,9,18H2,(H,19,20). The number of benzene rings is 2. The molecular weight excluding hydrogens is 311 g/mol. The van der Waals surface area contributed by atoms with Gasteiger partial charge in [0.25, 0.3) is 0 Å². The first-order chi connectivity index (χ1) is 10.1. The van der Waals surface area contributed by atoms with Crippen LogP contribution in [0.3, 0.4) is 0 Å². The van der Waals surface area contributed by atoms with Gasteiger partial charge in [-0.05, 0) is 29.3 Å². The first-order valence-electron chi connectivity index (χ1n) is 6.23. The van der Waals surface area contributed by atoms with Crippen molar-refractivity contribution >= 4 is 29.1 Å². The zero-order valence-corrected chi connectivity index (χ0v) is 12.6. The summed E-state index contributed by atoms with van der Waals surface area (Å²) in [6.45, 7) is 0.389. The molecule has 0 saturated heterocycles. The van der Waals surface area contributed by atoms with E-state index < -0.39 is 0 Å². The van der Waals surface area contributed by atoms with Gasteiger partial charge in [0.1, 0.15) is 12.4 Å². The van der Waals surface area contributed by atoms with E-state index in [1.54, 1.807) is 18.2 Å². The van der Waals surface area contributed by atoms with Gasteiger partial charge < -0.3 is 4.74 Å². The van der Waals surface area contributed by atoms with Crippen molar-refractivity contribution in [3.05, 3.63) is 63.6 Å². The monoisotopic (exact) mass is 324 g/mol. The third-order valence-electron chi connectivity index (χ3n) is 2.79. The summed E-state index contributed by atoms with van der Waals surface area (Å²) in [5.41, 5.74) is 3.95. The second kappa shape index (κ2) is 7.31. The second-order valence-corrected chi connectivity index (χ2v) is 5.33. The van der Waals surface area contributed by atoms with Crippen molar-refractivity contribution in [2.45, 2.75) is 13.0 Å². The van der Waals surface area contributed by atoms with Crippen molar-refractivity contribution in [1.82, 2.24) is 5.43 Å². The molecule has 110 valence electrons. The van der Waals surface area contributed by atoms with Crippen LogP contribution in [0.15, 0.2) is 42.5 Å². The molecule has 0 aliphatic carbocycles. The summed E-state index contributed by atoms with van der Waals surface area (Å²) >= 11 is 11.8. The van der Waals surface area contributed by atoms with Crippen LogP contribution in [0.5, 0.6) is 5.75 Å².